The Hall–Kier alpha value is -3.31. The van der Waals surface area contributed by atoms with Gasteiger partial charge in [-0.25, -0.2) is 13.8 Å². The lowest BCUT2D eigenvalue weighted by molar-refractivity contribution is -0.261. The van der Waals surface area contributed by atoms with Gasteiger partial charge >= 0.3 is 19.4 Å². The zero-order valence-electron chi connectivity index (χ0n) is 22.5. The maximum Gasteiger partial charge on any atom is 0.459 e. The first-order valence-corrected chi connectivity index (χ1v) is 14.3. The SMILES string of the molecule is C#C[C@@](O)([C@H](O)[C@@](F)(COP(=O)(NC(C)C(=O)OC1CCCCC1)Oc1ccccc1)OC)n1ccc(=O)[nH]c1=O. The molecule has 1 aliphatic rings. The minimum atomic E-state index is -4.63. The van der Waals surface area contributed by atoms with Crippen molar-refractivity contribution in [1.29, 1.82) is 0 Å². The third-order valence-corrected chi connectivity index (χ3v) is 8.10. The van der Waals surface area contributed by atoms with Crippen molar-refractivity contribution in [1.82, 2.24) is 14.6 Å². The second kappa shape index (κ2) is 13.6. The van der Waals surface area contributed by atoms with E-state index in [1.807, 2.05) is 4.98 Å². The second-order valence-electron chi connectivity index (χ2n) is 9.47. The van der Waals surface area contributed by atoms with Gasteiger partial charge in [-0.05, 0) is 50.7 Å². The third kappa shape index (κ3) is 7.91. The van der Waals surface area contributed by atoms with E-state index in [0.717, 1.165) is 38.6 Å². The molecule has 2 unspecified atom stereocenters. The Morgan fingerprint density at radius 3 is 2.51 bits per heavy atom. The smallest absolute Gasteiger partial charge is 0.459 e. The van der Waals surface area contributed by atoms with Gasteiger partial charge < -0.3 is 24.2 Å². The summed E-state index contributed by atoms with van der Waals surface area (Å²) in [5.74, 6) is -2.42. The first-order chi connectivity index (χ1) is 19.4. The summed E-state index contributed by atoms with van der Waals surface area (Å²) in [6, 6.07) is 7.20. The summed E-state index contributed by atoms with van der Waals surface area (Å²) < 4.78 is 51.1. The summed E-state index contributed by atoms with van der Waals surface area (Å²) >= 11 is 0. The molecule has 5 atom stereocenters. The average molecular weight is 598 g/mol. The number of aliphatic hydroxyl groups excluding tert-OH is 1. The summed E-state index contributed by atoms with van der Waals surface area (Å²) in [5.41, 5.74) is -5.21. The Bertz CT molecular complexity index is 1390. The highest BCUT2D eigenvalue weighted by atomic mass is 31.2. The average Bonchev–Trinajstić information content (AvgIpc) is 2.96. The molecule has 15 heteroatoms. The number of ether oxygens (including phenoxy) is 2. The van der Waals surface area contributed by atoms with Crippen LogP contribution in [0.3, 0.4) is 0 Å². The molecule has 2 aromatic rings. The zero-order valence-corrected chi connectivity index (χ0v) is 23.4. The number of nitrogens with zero attached hydrogens (tertiary/aromatic N) is 1. The van der Waals surface area contributed by atoms with Gasteiger partial charge in [0.25, 0.3) is 11.4 Å². The summed E-state index contributed by atoms with van der Waals surface area (Å²) in [6.45, 7) is -0.0304. The summed E-state index contributed by atoms with van der Waals surface area (Å²) in [6.07, 6.45) is 7.29. The normalized spacial score (nSPS) is 19.9. The molecule has 13 nitrogen and oxygen atoms in total. The van der Waals surface area contributed by atoms with Crippen LogP contribution in [0.25, 0.3) is 0 Å². The van der Waals surface area contributed by atoms with E-state index in [-0.39, 0.29) is 11.9 Å². The predicted octanol–water partition coefficient (Wildman–Crippen LogP) is 1.55. The van der Waals surface area contributed by atoms with Crippen LogP contribution < -0.4 is 20.9 Å². The number of halogens is 1. The van der Waals surface area contributed by atoms with Crippen molar-refractivity contribution in [2.75, 3.05) is 13.7 Å². The van der Waals surface area contributed by atoms with Crippen LogP contribution in [0.4, 0.5) is 4.39 Å². The van der Waals surface area contributed by atoms with E-state index in [4.69, 9.17) is 24.9 Å². The first-order valence-electron chi connectivity index (χ1n) is 12.8. The van der Waals surface area contributed by atoms with Gasteiger partial charge in [0.2, 0.25) is 5.72 Å². The van der Waals surface area contributed by atoms with Crippen LogP contribution >= 0.6 is 7.75 Å². The number of rotatable bonds is 13. The number of para-hydroxylation sites is 1. The molecule has 0 bridgehead atoms. The lowest BCUT2D eigenvalue weighted by Crippen LogP contribution is -2.60. The van der Waals surface area contributed by atoms with Gasteiger partial charge in [0, 0.05) is 19.4 Å². The number of alkyl halides is 1. The monoisotopic (exact) mass is 597 g/mol. The predicted molar refractivity (Wildman–Crippen MR) is 143 cm³/mol. The molecule has 1 aromatic carbocycles. The largest absolute Gasteiger partial charge is 0.461 e. The number of carbonyl (C=O) groups is 1. The van der Waals surface area contributed by atoms with Gasteiger partial charge in [-0.1, -0.05) is 24.6 Å². The summed E-state index contributed by atoms with van der Waals surface area (Å²) in [5, 5.41) is 24.2. The Morgan fingerprint density at radius 1 is 1.27 bits per heavy atom. The van der Waals surface area contributed by atoms with Gasteiger partial charge in [0.15, 0.2) is 6.10 Å². The molecule has 1 heterocycles. The fourth-order valence-corrected chi connectivity index (χ4v) is 5.64. The quantitative estimate of drug-likeness (QED) is 0.150. The number of carbonyl (C=O) groups excluding carboxylic acids is 1. The number of methoxy groups -OCH3 is 1. The lowest BCUT2D eigenvalue weighted by Gasteiger charge is -2.37. The van der Waals surface area contributed by atoms with Crippen LogP contribution in [0.1, 0.15) is 39.0 Å². The number of terminal acetylenes is 1. The second-order valence-corrected chi connectivity index (χ2v) is 11.2. The maximum atomic E-state index is 16.0. The van der Waals surface area contributed by atoms with E-state index >= 15 is 4.39 Å². The third-order valence-electron chi connectivity index (χ3n) is 6.47. The van der Waals surface area contributed by atoms with Gasteiger partial charge in [0.1, 0.15) is 24.5 Å². The molecule has 1 aromatic heterocycles. The van der Waals surface area contributed by atoms with Gasteiger partial charge in [-0.3, -0.25) is 23.7 Å². The first kappa shape index (κ1) is 32.2. The van der Waals surface area contributed by atoms with Crippen molar-refractivity contribution in [3.05, 3.63) is 63.4 Å². The number of aromatic nitrogens is 2. The molecule has 0 aliphatic heterocycles. The van der Waals surface area contributed by atoms with Crippen LogP contribution in [-0.4, -0.2) is 63.6 Å². The van der Waals surface area contributed by atoms with Gasteiger partial charge in [0.05, 0.1) is 0 Å². The van der Waals surface area contributed by atoms with Crippen molar-refractivity contribution >= 4 is 13.7 Å². The Kier molecular flexibility index (Phi) is 10.7. The molecule has 0 spiro atoms. The number of hydrogen-bond donors (Lipinski definition) is 4. The molecule has 41 heavy (non-hydrogen) atoms. The topological polar surface area (TPSA) is 178 Å². The highest BCUT2D eigenvalue weighted by Gasteiger charge is 2.54. The highest BCUT2D eigenvalue weighted by molar-refractivity contribution is 7.52. The number of hydrogen-bond acceptors (Lipinski definition) is 10. The van der Waals surface area contributed by atoms with Crippen molar-refractivity contribution in [2.24, 2.45) is 0 Å². The molecule has 0 radical (unpaired) electrons. The number of esters is 1. The molecule has 1 fully saturated rings. The zero-order chi connectivity index (χ0) is 30.3. The van der Waals surface area contributed by atoms with Crippen molar-refractivity contribution in [3.63, 3.8) is 0 Å². The minimum Gasteiger partial charge on any atom is -0.461 e. The highest BCUT2D eigenvalue weighted by Crippen LogP contribution is 2.46. The van der Waals surface area contributed by atoms with Crippen molar-refractivity contribution < 1.29 is 42.5 Å². The molecule has 1 aliphatic carbocycles. The number of aromatic amines is 1. The van der Waals surface area contributed by atoms with E-state index in [1.54, 1.807) is 24.1 Å². The van der Waals surface area contributed by atoms with Gasteiger partial charge in [-0.15, -0.1) is 6.42 Å². The van der Waals surface area contributed by atoms with E-state index in [2.05, 4.69) is 5.09 Å². The Morgan fingerprint density at radius 2 is 1.93 bits per heavy atom. The standard InChI is InChI=1S/C26H33FN3O10P/c1-4-26(35,30-16-15-21(31)28-24(30)34)23(33)25(27,37-3)17-38-41(36,40-20-13-9-6-10-14-20)29-18(2)22(32)39-19-11-7-5-8-12-19/h1,6,9-10,13-16,18-19,23,33,35H,5,7-8,11-12,17H2,2-3H3,(H,29,36)(H,28,31,34)/t18?,23-,25-,26-,41?/m1/s1. The van der Waals surface area contributed by atoms with E-state index < -0.39 is 55.3 Å². The number of nitrogens with one attached hydrogen (secondary N) is 2. The van der Waals surface area contributed by atoms with E-state index in [1.165, 1.54) is 19.1 Å². The van der Waals surface area contributed by atoms with E-state index in [9.17, 15) is 29.2 Å². The Labute approximate surface area is 235 Å². The lowest BCUT2D eigenvalue weighted by atomic mass is 9.98. The molecule has 0 saturated heterocycles. The molecule has 0 amide bonds. The molecule has 224 valence electrons. The maximum absolute atomic E-state index is 16.0. The number of aliphatic hydroxyl groups is 2. The number of H-pyrrole nitrogens is 1. The fourth-order valence-electron chi connectivity index (χ4n) is 4.14. The van der Waals surface area contributed by atoms with Gasteiger partial charge in [-0.2, -0.15) is 5.09 Å². The van der Waals surface area contributed by atoms with Crippen LogP contribution in [0.15, 0.2) is 52.2 Å². The Balaban J connectivity index is 1.85. The minimum absolute atomic E-state index is 0.0264. The molecular formula is C26H33FN3O10P. The summed E-state index contributed by atoms with van der Waals surface area (Å²) in [4.78, 5) is 38.2. The van der Waals surface area contributed by atoms with Crippen LogP contribution in [0.5, 0.6) is 5.75 Å². The van der Waals surface area contributed by atoms with E-state index in [0.29, 0.717) is 17.4 Å². The van der Waals surface area contributed by atoms with Crippen molar-refractivity contribution in [2.45, 2.75) is 68.9 Å². The molecule has 3 rings (SSSR count). The van der Waals surface area contributed by atoms with Crippen LogP contribution in [-0.2, 0) is 29.1 Å². The van der Waals surface area contributed by atoms with Crippen molar-refractivity contribution in [3.8, 4) is 18.1 Å². The fraction of sp³-hybridized carbons (Fsp3) is 0.500. The molecular weight excluding hydrogens is 564 g/mol. The van der Waals surface area contributed by atoms with Crippen LogP contribution in [0, 0.1) is 12.3 Å². The van der Waals surface area contributed by atoms with Crippen LogP contribution in [0.2, 0.25) is 0 Å². The molecule has 4 N–H and O–H groups in total. The summed E-state index contributed by atoms with van der Waals surface area (Å²) in [7, 11) is -3.84. The molecule has 1 saturated carbocycles. The number of benzene rings is 1.